The van der Waals surface area contributed by atoms with Crippen molar-refractivity contribution < 1.29 is 33.0 Å². The molecule has 0 radical (unpaired) electrons. The van der Waals surface area contributed by atoms with Gasteiger partial charge in [-0.15, -0.1) is 5.06 Å². The third kappa shape index (κ3) is 6.67. The summed E-state index contributed by atoms with van der Waals surface area (Å²) in [7, 11) is 0. The molecule has 0 aliphatic carbocycles. The van der Waals surface area contributed by atoms with Crippen LogP contribution >= 0.6 is 0 Å². The first-order valence-electron chi connectivity index (χ1n) is 11.4. The number of hydrogen-bond donors (Lipinski definition) is 0. The van der Waals surface area contributed by atoms with E-state index in [-0.39, 0.29) is 23.8 Å². The lowest BCUT2D eigenvalue weighted by Crippen LogP contribution is -2.40. The second-order valence-corrected chi connectivity index (χ2v) is 8.26. The number of hydroxylamine groups is 2. The fourth-order valence-corrected chi connectivity index (χ4v) is 3.68. The van der Waals surface area contributed by atoms with Crippen LogP contribution in [0.15, 0.2) is 30.6 Å². The summed E-state index contributed by atoms with van der Waals surface area (Å²) >= 11 is 0. The monoisotopic (exact) mass is 476 g/mol. The van der Waals surface area contributed by atoms with E-state index in [1.54, 1.807) is 25.0 Å². The molecule has 11 heteroatoms. The normalized spacial score (nSPS) is 17.5. The predicted molar refractivity (Wildman–Crippen MR) is 119 cm³/mol. The average Bonchev–Trinajstić information content (AvgIpc) is 2.82. The minimum absolute atomic E-state index is 0.0698. The zero-order valence-corrected chi connectivity index (χ0v) is 19.3. The first-order valence-corrected chi connectivity index (χ1v) is 11.4. The topological polar surface area (TPSA) is 95.5 Å². The highest BCUT2D eigenvalue weighted by molar-refractivity contribution is 5.59. The molecule has 0 saturated carbocycles. The molecule has 3 heterocycles. The van der Waals surface area contributed by atoms with Crippen molar-refractivity contribution in [2.24, 2.45) is 0 Å². The molecule has 0 bridgehead atoms. The number of morpholine rings is 1. The van der Waals surface area contributed by atoms with Gasteiger partial charge in [-0.05, 0) is 26.0 Å². The van der Waals surface area contributed by atoms with Crippen LogP contribution in [0, 0.1) is 5.82 Å². The van der Waals surface area contributed by atoms with Crippen molar-refractivity contribution in [1.82, 2.24) is 15.0 Å². The molecule has 0 amide bonds. The molecule has 34 heavy (non-hydrogen) atoms. The number of carbonyl (C=O) groups excluding carboxylic acids is 1. The third-order valence-electron chi connectivity index (χ3n) is 5.35. The second-order valence-electron chi connectivity index (χ2n) is 8.26. The van der Waals surface area contributed by atoms with E-state index >= 15 is 0 Å². The van der Waals surface area contributed by atoms with Gasteiger partial charge >= 0.3 is 6.16 Å². The Morgan fingerprint density at radius 1 is 1.09 bits per heavy atom. The SMILES string of the molecule is CC(C)OC(=O)ON1CCC(Oc2cc(Oc3ccc(N4CCOCC4)cc3F)ncn2)CC1. The van der Waals surface area contributed by atoms with Gasteiger partial charge in [0.2, 0.25) is 11.8 Å². The lowest BCUT2D eigenvalue weighted by molar-refractivity contribution is -0.151. The van der Waals surface area contributed by atoms with Gasteiger partial charge in [0.05, 0.1) is 25.4 Å². The van der Waals surface area contributed by atoms with E-state index in [0.29, 0.717) is 45.0 Å². The van der Waals surface area contributed by atoms with Gasteiger partial charge in [-0.2, -0.15) is 0 Å². The van der Waals surface area contributed by atoms with E-state index in [2.05, 4.69) is 14.9 Å². The van der Waals surface area contributed by atoms with Crippen LogP contribution in [-0.4, -0.2) is 72.8 Å². The summed E-state index contributed by atoms with van der Waals surface area (Å²) in [6.45, 7) is 7.23. The van der Waals surface area contributed by atoms with Gasteiger partial charge in [0.25, 0.3) is 0 Å². The number of halogens is 1. The summed E-state index contributed by atoms with van der Waals surface area (Å²) in [4.78, 5) is 27.1. The number of nitrogens with zero attached hydrogens (tertiary/aromatic N) is 4. The summed E-state index contributed by atoms with van der Waals surface area (Å²) in [5.41, 5.74) is 0.785. The molecule has 2 saturated heterocycles. The molecule has 4 rings (SSSR count). The number of ether oxygens (including phenoxy) is 4. The van der Waals surface area contributed by atoms with E-state index in [1.807, 2.05) is 6.07 Å². The van der Waals surface area contributed by atoms with Crippen LogP contribution < -0.4 is 14.4 Å². The number of benzene rings is 1. The minimum atomic E-state index is -0.711. The van der Waals surface area contributed by atoms with E-state index in [1.165, 1.54) is 18.5 Å². The standard InChI is InChI=1S/C23H29FN4O6/c1-16(2)31-23(29)34-28-7-5-18(6-8-28)32-21-14-22(26-15-25-21)33-20-4-3-17(13-19(20)24)27-9-11-30-12-10-27/h3-4,13-16,18H,5-12H2,1-2H3. The van der Waals surface area contributed by atoms with Crippen molar-refractivity contribution >= 4 is 11.8 Å². The van der Waals surface area contributed by atoms with E-state index < -0.39 is 12.0 Å². The molecule has 1 aromatic carbocycles. The van der Waals surface area contributed by atoms with Crippen LogP contribution in [0.1, 0.15) is 26.7 Å². The Morgan fingerprint density at radius 3 is 2.53 bits per heavy atom. The fourth-order valence-electron chi connectivity index (χ4n) is 3.68. The Balaban J connectivity index is 1.29. The van der Waals surface area contributed by atoms with Crippen molar-refractivity contribution in [3.63, 3.8) is 0 Å². The number of hydrogen-bond acceptors (Lipinski definition) is 10. The van der Waals surface area contributed by atoms with Crippen LogP contribution in [-0.2, 0) is 14.3 Å². The van der Waals surface area contributed by atoms with Crippen LogP contribution in [0.3, 0.4) is 0 Å². The van der Waals surface area contributed by atoms with Crippen LogP contribution in [0.2, 0.25) is 0 Å². The minimum Gasteiger partial charge on any atom is -0.474 e. The molecule has 0 spiro atoms. The van der Waals surface area contributed by atoms with E-state index in [9.17, 15) is 9.18 Å². The van der Waals surface area contributed by atoms with Crippen molar-refractivity contribution in [2.45, 2.75) is 38.9 Å². The molecule has 2 aliphatic rings. The molecule has 2 aliphatic heterocycles. The molecule has 10 nitrogen and oxygen atoms in total. The lowest BCUT2D eigenvalue weighted by atomic mass is 10.1. The van der Waals surface area contributed by atoms with E-state index in [0.717, 1.165) is 18.8 Å². The van der Waals surface area contributed by atoms with Gasteiger partial charge in [0.1, 0.15) is 12.4 Å². The molecule has 0 unspecified atom stereocenters. The molecule has 2 fully saturated rings. The highest BCUT2D eigenvalue weighted by Gasteiger charge is 2.24. The number of piperidine rings is 1. The maximum atomic E-state index is 14.7. The van der Waals surface area contributed by atoms with Crippen molar-refractivity contribution in [1.29, 1.82) is 0 Å². The molecular weight excluding hydrogens is 447 g/mol. The largest absolute Gasteiger partial charge is 0.528 e. The molecular formula is C23H29FN4O6. The Morgan fingerprint density at radius 2 is 1.82 bits per heavy atom. The zero-order valence-electron chi connectivity index (χ0n) is 19.3. The molecule has 184 valence electrons. The summed E-state index contributed by atoms with van der Waals surface area (Å²) < 4.78 is 36.6. The van der Waals surface area contributed by atoms with Crippen LogP contribution in [0.4, 0.5) is 14.9 Å². The van der Waals surface area contributed by atoms with Crippen molar-refractivity contribution in [2.75, 3.05) is 44.3 Å². The Labute approximate surface area is 197 Å². The summed E-state index contributed by atoms with van der Waals surface area (Å²) in [5, 5.41) is 1.56. The Kier molecular flexibility index (Phi) is 7.96. The predicted octanol–water partition coefficient (Wildman–Crippen LogP) is 3.56. The number of carbonyl (C=O) groups is 1. The third-order valence-corrected chi connectivity index (χ3v) is 5.35. The molecule has 0 N–H and O–H groups in total. The first-order chi connectivity index (χ1) is 16.5. The Bertz CT molecular complexity index is 964. The first kappa shape index (κ1) is 24.0. The number of rotatable bonds is 7. The van der Waals surface area contributed by atoms with Crippen LogP contribution in [0.25, 0.3) is 0 Å². The van der Waals surface area contributed by atoms with E-state index in [4.69, 9.17) is 23.8 Å². The maximum absolute atomic E-state index is 14.7. The van der Waals surface area contributed by atoms with Crippen molar-refractivity contribution in [3.8, 4) is 17.5 Å². The zero-order chi connectivity index (χ0) is 23.9. The van der Waals surface area contributed by atoms with Crippen molar-refractivity contribution in [3.05, 3.63) is 36.4 Å². The quantitative estimate of drug-likeness (QED) is 0.552. The summed E-state index contributed by atoms with van der Waals surface area (Å²) in [6, 6.07) is 6.38. The smallest absolute Gasteiger partial charge is 0.474 e. The van der Waals surface area contributed by atoms with Gasteiger partial charge in [-0.1, -0.05) is 0 Å². The van der Waals surface area contributed by atoms with Gasteiger partial charge in [-0.3, -0.25) is 0 Å². The highest BCUT2D eigenvalue weighted by Crippen LogP contribution is 2.29. The lowest BCUT2D eigenvalue weighted by Gasteiger charge is -2.30. The fraction of sp³-hybridized carbons (Fsp3) is 0.522. The number of aromatic nitrogens is 2. The van der Waals surface area contributed by atoms with Gasteiger partial charge < -0.3 is 28.7 Å². The van der Waals surface area contributed by atoms with Gasteiger partial charge in [0.15, 0.2) is 11.6 Å². The summed E-state index contributed by atoms with van der Waals surface area (Å²) in [6.07, 6.45) is 1.51. The van der Waals surface area contributed by atoms with Gasteiger partial charge in [0, 0.05) is 50.8 Å². The summed E-state index contributed by atoms with van der Waals surface area (Å²) in [5.74, 6) is 0.1000. The Hall–Kier alpha value is -3.18. The number of anilines is 1. The molecule has 2 aromatic rings. The molecule has 0 atom stereocenters. The highest BCUT2D eigenvalue weighted by atomic mass is 19.1. The van der Waals surface area contributed by atoms with Crippen LogP contribution in [0.5, 0.6) is 17.5 Å². The molecule has 1 aromatic heterocycles. The maximum Gasteiger partial charge on any atom is 0.528 e. The van der Waals surface area contributed by atoms with Gasteiger partial charge in [-0.25, -0.2) is 19.2 Å². The average molecular weight is 477 g/mol. The second kappa shape index (κ2) is 11.3.